The number of ketones is 1. The smallest absolute Gasteiger partial charge is 0.169 e. The molecule has 0 aromatic carbocycles. The molecule has 2 aromatic heterocycles. The van der Waals surface area contributed by atoms with Crippen LogP contribution in [0.25, 0.3) is 10.2 Å². The number of hydrogen-bond donors (Lipinski definition) is 0. The second kappa shape index (κ2) is 3.06. The van der Waals surface area contributed by atoms with Gasteiger partial charge in [0.25, 0.3) is 0 Å². The zero-order chi connectivity index (χ0) is 10.3. The quantitative estimate of drug-likeness (QED) is 0.559. The van der Waals surface area contributed by atoms with E-state index in [1.807, 2.05) is 13.1 Å². The Bertz CT molecular complexity index is 521. The molecule has 2 heterocycles. The molecule has 0 aliphatic heterocycles. The number of Topliss-reactive ketones (excluding diaryl/α,β-unsaturated/α-hetero) is 1. The second-order valence-corrected chi connectivity index (χ2v) is 4.20. The molecule has 0 unspecified atom stereocenters. The van der Waals surface area contributed by atoms with Gasteiger partial charge in [0.2, 0.25) is 0 Å². The Morgan fingerprint density at radius 1 is 1.50 bits per heavy atom. The Morgan fingerprint density at radius 3 is 2.71 bits per heavy atom. The first-order chi connectivity index (χ1) is 6.63. The van der Waals surface area contributed by atoms with Crippen LogP contribution in [-0.4, -0.2) is 16.6 Å². The molecule has 0 saturated carbocycles. The molecule has 0 amide bonds. The van der Waals surface area contributed by atoms with Gasteiger partial charge in [-0.2, -0.15) is 0 Å². The predicted molar refractivity (Wildman–Crippen MR) is 56.2 cm³/mol. The number of carbonyl (C=O) groups excluding carboxylic acids is 2. The van der Waals surface area contributed by atoms with Gasteiger partial charge in [0.15, 0.2) is 12.1 Å². The molecule has 14 heavy (non-hydrogen) atoms. The Kier molecular flexibility index (Phi) is 2.00. The third-order valence-corrected chi connectivity index (χ3v) is 3.53. The molecular formula is C10H9NO2S. The van der Waals surface area contributed by atoms with E-state index in [2.05, 4.69) is 0 Å². The highest BCUT2D eigenvalue weighted by molar-refractivity contribution is 7.20. The molecule has 0 aliphatic carbocycles. The van der Waals surface area contributed by atoms with Gasteiger partial charge in [-0.3, -0.25) is 9.59 Å². The van der Waals surface area contributed by atoms with Crippen LogP contribution >= 0.6 is 11.3 Å². The molecule has 72 valence electrons. The van der Waals surface area contributed by atoms with Gasteiger partial charge in [-0.15, -0.1) is 11.3 Å². The summed E-state index contributed by atoms with van der Waals surface area (Å²) >= 11 is 1.42. The Balaban J connectivity index is 2.70. The maximum Gasteiger partial charge on any atom is 0.169 e. The van der Waals surface area contributed by atoms with Crippen molar-refractivity contribution in [2.45, 2.75) is 6.92 Å². The van der Waals surface area contributed by atoms with Crippen LogP contribution in [0.5, 0.6) is 0 Å². The standard InChI is InChI=1S/C10H9NO2S/c1-6(13)9-4-7-3-8(5-12)11(2)10(7)14-9/h3-5H,1-2H3. The Labute approximate surface area is 85.0 Å². The van der Waals surface area contributed by atoms with E-state index >= 15 is 0 Å². The lowest BCUT2D eigenvalue weighted by molar-refractivity contribution is 0.102. The van der Waals surface area contributed by atoms with E-state index in [4.69, 9.17) is 0 Å². The molecular weight excluding hydrogens is 198 g/mol. The van der Waals surface area contributed by atoms with Gasteiger partial charge in [-0.25, -0.2) is 0 Å². The Morgan fingerprint density at radius 2 is 2.21 bits per heavy atom. The minimum Gasteiger partial charge on any atom is -0.333 e. The summed E-state index contributed by atoms with van der Waals surface area (Å²) < 4.78 is 1.80. The monoisotopic (exact) mass is 207 g/mol. The molecule has 0 atom stereocenters. The lowest BCUT2D eigenvalue weighted by Crippen LogP contribution is -1.92. The molecule has 2 rings (SSSR count). The average molecular weight is 207 g/mol. The number of rotatable bonds is 2. The van der Waals surface area contributed by atoms with Gasteiger partial charge in [0.05, 0.1) is 10.6 Å². The summed E-state index contributed by atoms with van der Waals surface area (Å²) in [6, 6.07) is 3.63. The van der Waals surface area contributed by atoms with E-state index in [1.165, 1.54) is 11.3 Å². The van der Waals surface area contributed by atoms with E-state index in [9.17, 15) is 9.59 Å². The highest BCUT2D eigenvalue weighted by atomic mass is 32.1. The van der Waals surface area contributed by atoms with Crippen LogP contribution in [0.1, 0.15) is 27.1 Å². The van der Waals surface area contributed by atoms with E-state index in [1.54, 1.807) is 17.6 Å². The van der Waals surface area contributed by atoms with Crippen molar-refractivity contribution in [2.75, 3.05) is 0 Å². The lowest BCUT2D eigenvalue weighted by atomic mass is 10.3. The molecule has 3 nitrogen and oxygen atoms in total. The molecule has 0 bridgehead atoms. The van der Waals surface area contributed by atoms with Crippen molar-refractivity contribution in [2.24, 2.45) is 7.05 Å². The van der Waals surface area contributed by atoms with Crippen molar-refractivity contribution >= 4 is 33.6 Å². The van der Waals surface area contributed by atoms with Crippen LogP contribution in [0.4, 0.5) is 0 Å². The summed E-state index contributed by atoms with van der Waals surface area (Å²) in [4.78, 5) is 23.4. The van der Waals surface area contributed by atoms with Crippen LogP contribution < -0.4 is 0 Å². The summed E-state index contributed by atoms with van der Waals surface area (Å²) in [5.74, 6) is 0.0684. The summed E-state index contributed by atoms with van der Waals surface area (Å²) in [6.07, 6.45) is 0.820. The molecule has 0 spiro atoms. The summed E-state index contributed by atoms with van der Waals surface area (Å²) in [7, 11) is 1.83. The third-order valence-electron chi connectivity index (χ3n) is 2.20. The van der Waals surface area contributed by atoms with Crippen LogP contribution in [0.15, 0.2) is 12.1 Å². The van der Waals surface area contributed by atoms with Crippen molar-refractivity contribution in [3.05, 3.63) is 22.7 Å². The topological polar surface area (TPSA) is 39.1 Å². The number of hydrogen-bond acceptors (Lipinski definition) is 3. The maximum absolute atomic E-state index is 11.1. The third kappa shape index (κ3) is 1.19. The molecule has 0 fully saturated rings. The molecule has 0 aliphatic rings. The fraction of sp³-hybridized carbons (Fsp3) is 0.200. The SMILES string of the molecule is CC(=O)c1cc2cc(C=O)n(C)c2s1. The van der Waals surface area contributed by atoms with Gasteiger partial charge in [0.1, 0.15) is 4.83 Å². The van der Waals surface area contributed by atoms with E-state index < -0.39 is 0 Å². The number of carbonyl (C=O) groups is 2. The van der Waals surface area contributed by atoms with Crippen LogP contribution in [0.2, 0.25) is 0 Å². The van der Waals surface area contributed by atoms with Crippen LogP contribution in [0, 0.1) is 0 Å². The van der Waals surface area contributed by atoms with Gasteiger partial charge in [0, 0.05) is 12.4 Å². The molecule has 2 aromatic rings. The van der Waals surface area contributed by atoms with Crippen LogP contribution in [-0.2, 0) is 7.05 Å². The normalized spacial score (nSPS) is 10.7. The first-order valence-electron chi connectivity index (χ1n) is 4.19. The highest BCUT2D eigenvalue weighted by Gasteiger charge is 2.11. The second-order valence-electron chi connectivity index (χ2n) is 3.17. The number of aromatic nitrogens is 1. The predicted octanol–water partition coefficient (Wildman–Crippen LogP) is 2.25. The number of aryl methyl sites for hydroxylation is 1. The minimum atomic E-state index is 0.0684. The van der Waals surface area contributed by atoms with Crippen molar-refractivity contribution in [1.29, 1.82) is 0 Å². The molecule has 0 N–H and O–H groups in total. The first kappa shape index (κ1) is 9.15. The molecule has 0 radical (unpaired) electrons. The van der Waals surface area contributed by atoms with Crippen LogP contribution in [0.3, 0.4) is 0 Å². The van der Waals surface area contributed by atoms with Crippen molar-refractivity contribution < 1.29 is 9.59 Å². The van der Waals surface area contributed by atoms with Gasteiger partial charge in [-0.05, 0) is 19.1 Å². The van der Waals surface area contributed by atoms with E-state index in [0.717, 1.165) is 21.4 Å². The number of aldehydes is 1. The largest absolute Gasteiger partial charge is 0.333 e. The molecule has 4 heteroatoms. The minimum absolute atomic E-state index is 0.0684. The highest BCUT2D eigenvalue weighted by Crippen LogP contribution is 2.27. The van der Waals surface area contributed by atoms with Gasteiger partial charge < -0.3 is 4.57 Å². The van der Waals surface area contributed by atoms with Crippen molar-refractivity contribution in [3.8, 4) is 0 Å². The zero-order valence-corrected chi connectivity index (χ0v) is 8.72. The number of thiophene rings is 1. The summed E-state index contributed by atoms with van der Waals surface area (Å²) in [5, 5.41) is 0.963. The maximum atomic E-state index is 11.1. The number of fused-ring (bicyclic) bond motifs is 1. The van der Waals surface area contributed by atoms with Gasteiger partial charge in [-0.1, -0.05) is 0 Å². The fourth-order valence-corrected chi connectivity index (χ4v) is 2.44. The molecule has 0 saturated heterocycles. The average Bonchev–Trinajstić information content (AvgIpc) is 2.66. The van der Waals surface area contributed by atoms with E-state index in [0.29, 0.717) is 5.69 Å². The summed E-state index contributed by atoms with van der Waals surface area (Å²) in [5.41, 5.74) is 0.640. The fourth-order valence-electron chi connectivity index (χ4n) is 1.42. The van der Waals surface area contributed by atoms with Gasteiger partial charge >= 0.3 is 0 Å². The Hall–Kier alpha value is -1.42. The zero-order valence-electron chi connectivity index (χ0n) is 7.90. The van der Waals surface area contributed by atoms with Crippen molar-refractivity contribution in [1.82, 2.24) is 4.57 Å². The number of nitrogens with zero attached hydrogens (tertiary/aromatic N) is 1. The van der Waals surface area contributed by atoms with E-state index in [-0.39, 0.29) is 5.78 Å². The lowest BCUT2D eigenvalue weighted by Gasteiger charge is -1.93. The van der Waals surface area contributed by atoms with Crippen molar-refractivity contribution in [3.63, 3.8) is 0 Å². The summed E-state index contributed by atoms with van der Waals surface area (Å²) in [6.45, 7) is 1.55. The first-order valence-corrected chi connectivity index (χ1v) is 5.00.